The molecule has 7 nitrogen and oxygen atoms in total. The molecule has 0 atom stereocenters. The van der Waals surface area contributed by atoms with Crippen LogP contribution in [0.5, 0.6) is 0 Å². The highest BCUT2D eigenvalue weighted by atomic mass is 32.2. The lowest BCUT2D eigenvalue weighted by atomic mass is 9.92. The largest absolute Gasteiger partial charge is 0.478 e. The van der Waals surface area contributed by atoms with Crippen LogP contribution in [0.25, 0.3) is 22.2 Å². The van der Waals surface area contributed by atoms with E-state index in [1.165, 1.54) is 0 Å². The van der Waals surface area contributed by atoms with E-state index in [4.69, 9.17) is 0 Å². The number of aromatic carboxylic acids is 1. The highest BCUT2D eigenvalue weighted by Crippen LogP contribution is 2.45. The van der Waals surface area contributed by atoms with E-state index in [-0.39, 0.29) is 23.7 Å². The second-order valence-electron chi connectivity index (χ2n) is 9.49. The highest BCUT2D eigenvalue weighted by Gasteiger charge is 2.31. The second kappa shape index (κ2) is 9.86. The number of carboxylic acids is 1. The molecule has 1 aliphatic carbocycles. The normalized spacial score (nSPS) is 14.2. The number of amides is 1. The number of fused-ring (bicyclic) bond motifs is 1. The molecule has 0 saturated heterocycles. The van der Waals surface area contributed by atoms with Crippen LogP contribution < -0.4 is 4.31 Å². The minimum Gasteiger partial charge on any atom is -0.478 e. The Labute approximate surface area is 216 Å². The summed E-state index contributed by atoms with van der Waals surface area (Å²) in [6, 6.07) is 23.0. The Morgan fingerprint density at radius 2 is 1.57 bits per heavy atom. The molecule has 0 spiro atoms. The number of carbonyl (C=O) groups is 2. The quantitative estimate of drug-likeness (QED) is 0.342. The molecular formula is C29H28N2O5S. The molecule has 190 valence electrons. The van der Waals surface area contributed by atoms with Crippen LogP contribution in [0.4, 0.5) is 5.69 Å². The third-order valence-electron chi connectivity index (χ3n) is 7.00. The molecule has 1 amide bonds. The minimum absolute atomic E-state index is 0.110. The first-order valence-corrected chi connectivity index (χ1v) is 14.1. The number of nitrogens with zero attached hydrogens (tertiary/aromatic N) is 2. The van der Waals surface area contributed by atoms with Crippen molar-refractivity contribution in [2.24, 2.45) is 0 Å². The molecular weight excluding hydrogens is 488 g/mol. The Morgan fingerprint density at radius 3 is 2.16 bits per heavy atom. The van der Waals surface area contributed by atoms with Gasteiger partial charge in [0.1, 0.15) is 6.54 Å². The molecule has 0 unspecified atom stereocenters. The summed E-state index contributed by atoms with van der Waals surface area (Å²) in [5, 5.41) is 10.6. The number of hydrogen-bond donors (Lipinski definition) is 1. The summed E-state index contributed by atoms with van der Waals surface area (Å²) in [5.74, 6) is -1.42. The molecule has 1 heterocycles. The lowest BCUT2D eigenvalue weighted by Crippen LogP contribution is -2.38. The smallest absolute Gasteiger partial charge is 0.335 e. The molecule has 4 aromatic rings. The third-order valence-corrected chi connectivity index (χ3v) is 8.08. The van der Waals surface area contributed by atoms with Crippen molar-refractivity contribution in [3.8, 4) is 11.3 Å². The fraction of sp³-hybridized carbons (Fsp3) is 0.241. The van der Waals surface area contributed by atoms with Crippen LogP contribution in [0.3, 0.4) is 0 Å². The zero-order chi connectivity index (χ0) is 26.2. The lowest BCUT2D eigenvalue weighted by molar-refractivity contribution is -0.117. The molecule has 1 aromatic heterocycles. The number of rotatable bonds is 7. The van der Waals surface area contributed by atoms with E-state index in [0.717, 1.165) is 58.5 Å². The summed E-state index contributed by atoms with van der Waals surface area (Å²) >= 11 is 0. The maximum absolute atomic E-state index is 13.7. The van der Waals surface area contributed by atoms with Crippen LogP contribution in [0.15, 0.2) is 78.9 Å². The van der Waals surface area contributed by atoms with Gasteiger partial charge < -0.3 is 9.67 Å². The molecule has 1 aliphatic rings. The van der Waals surface area contributed by atoms with Gasteiger partial charge in [0.25, 0.3) is 5.91 Å². The minimum atomic E-state index is -3.92. The van der Waals surface area contributed by atoms with Gasteiger partial charge in [0, 0.05) is 5.39 Å². The summed E-state index contributed by atoms with van der Waals surface area (Å²) in [5.41, 5.74) is 3.80. The van der Waals surface area contributed by atoms with Crippen molar-refractivity contribution in [3.05, 3.63) is 90.0 Å². The average Bonchev–Trinajstić information content (AvgIpc) is 3.50. The van der Waals surface area contributed by atoms with E-state index >= 15 is 0 Å². The number of benzene rings is 3. The second-order valence-corrected chi connectivity index (χ2v) is 11.3. The highest BCUT2D eigenvalue weighted by molar-refractivity contribution is 7.92. The summed E-state index contributed by atoms with van der Waals surface area (Å²) in [4.78, 5) is 25.6. The number of hydrogen-bond acceptors (Lipinski definition) is 4. The third kappa shape index (κ3) is 4.76. The molecule has 37 heavy (non-hydrogen) atoms. The van der Waals surface area contributed by atoms with Crippen LogP contribution in [0.2, 0.25) is 0 Å². The first kappa shape index (κ1) is 24.8. The van der Waals surface area contributed by atoms with E-state index in [1.807, 2.05) is 36.4 Å². The van der Waals surface area contributed by atoms with Crippen LogP contribution in [0.1, 0.15) is 47.5 Å². The number of carboxylic acid groups (broad SMARTS) is 1. The van der Waals surface area contributed by atoms with Crippen molar-refractivity contribution in [2.75, 3.05) is 10.6 Å². The van der Waals surface area contributed by atoms with E-state index in [2.05, 4.69) is 0 Å². The average molecular weight is 517 g/mol. The summed E-state index contributed by atoms with van der Waals surface area (Å²) in [6.07, 6.45) is 5.23. The summed E-state index contributed by atoms with van der Waals surface area (Å²) in [7, 11) is -3.92. The van der Waals surface area contributed by atoms with Gasteiger partial charge in [-0.3, -0.25) is 4.79 Å². The van der Waals surface area contributed by atoms with E-state index in [9.17, 15) is 23.1 Å². The summed E-state index contributed by atoms with van der Waals surface area (Å²) < 4.78 is 28.1. The molecule has 1 fully saturated rings. The fourth-order valence-electron chi connectivity index (χ4n) is 5.49. The van der Waals surface area contributed by atoms with Crippen LogP contribution in [-0.4, -0.2) is 36.2 Å². The predicted octanol–water partition coefficient (Wildman–Crippen LogP) is 5.66. The van der Waals surface area contributed by atoms with Gasteiger partial charge >= 0.3 is 5.97 Å². The maximum atomic E-state index is 13.7. The number of anilines is 1. The number of carbonyl (C=O) groups excluding carboxylic acids is 1. The molecule has 1 saturated carbocycles. The number of para-hydroxylation sites is 1. The van der Waals surface area contributed by atoms with Gasteiger partial charge in [0.15, 0.2) is 0 Å². The Balaban J connectivity index is 1.75. The first-order chi connectivity index (χ1) is 17.8. The van der Waals surface area contributed by atoms with Crippen LogP contribution >= 0.6 is 0 Å². The van der Waals surface area contributed by atoms with Crippen LogP contribution in [-0.2, 0) is 21.4 Å². The van der Waals surface area contributed by atoms with E-state index < -0.39 is 21.9 Å². The van der Waals surface area contributed by atoms with Gasteiger partial charge in [-0.1, -0.05) is 67.4 Å². The van der Waals surface area contributed by atoms with Gasteiger partial charge in [0.2, 0.25) is 10.0 Å². The molecule has 1 N–H and O–H groups in total. The van der Waals surface area contributed by atoms with Gasteiger partial charge in [-0.25, -0.2) is 17.5 Å². The molecule has 5 rings (SSSR count). The van der Waals surface area contributed by atoms with Gasteiger partial charge in [0.05, 0.1) is 28.7 Å². The van der Waals surface area contributed by atoms with Gasteiger partial charge in [-0.2, -0.15) is 0 Å². The predicted molar refractivity (Wildman–Crippen MR) is 144 cm³/mol. The maximum Gasteiger partial charge on any atom is 0.335 e. The summed E-state index contributed by atoms with van der Waals surface area (Å²) in [6.45, 7) is -0.265. The monoisotopic (exact) mass is 516 g/mol. The Hall–Kier alpha value is -3.91. The van der Waals surface area contributed by atoms with Crippen molar-refractivity contribution < 1.29 is 23.1 Å². The van der Waals surface area contributed by atoms with Crippen molar-refractivity contribution in [1.82, 2.24) is 4.57 Å². The van der Waals surface area contributed by atoms with E-state index in [0.29, 0.717) is 5.52 Å². The Bertz CT molecular complexity index is 1570. The van der Waals surface area contributed by atoms with Gasteiger partial charge in [-0.05, 0) is 54.2 Å². The van der Waals surface area contributed by atoms with Crippen molar-refractivity contribution in [3.63, 3.8) is 0 Å². The molecule has 0 radical (unpaired) electrons. The topological polar surface area (TPSA) is 96.7 Å². The van der Waals surface area contributed by atoms with Crippen molar-refractivity contribution in [1.29, 1.82) is 0 Å². The lowest BCUT2D eigenvalue weighted by Gasteiger charge is -2.22. The Kier molecular flexibility index (Phi) is 6.60. The molecule has 3 aromatic carbocycles. The molecule has 0 aliphatic heterocycles. The number of sulfonamides is 1. The molecule has 8 heteroatoms. The fourth-order valence-corrected chi connectivity index (χ4v) is 6.42. The molecule has 0 bridgehead atoms. The Morgan fingerprint density at radius 1 is 0.946 bits per heavy atom. The standard InChI is InChI=1S/C29H28N2O5S/c1-37(35,36)31(23-14-6-3-7-15-23)26(32)19-30-25-18-22(29(33)34)16-17-24(25)27(20-10-8-9-11-20)28(30)21-12-4-2-5-13-21/h2-7,12-18,20H,8-11,19H2,1H3,(H,33,34). The van der Waals surface area contributed by atoms with E-state index in [1.54, 1.807) is 47.0 Å². The van der Waals surface area contributed by atoms with Crippen molar-refractivity contribution >= 4 is 38.5 Å². The number of aromatic nitrogens is 1. The van der Waals surface area contributed by atoms with Gasteiger partial charge in [-0.15, -0.1) is 0 Å². The van der Waals surface area contributed by atoms with Crippen molar-refractivity contribution in [2.45, 2.75) is 38.1 Å². The first-order valence-electron chi connectivity index (χ1n) is 12.3. The SMILES string of the molecule is CS(=O)(=O)N(C(=O)Cn1c(-c2ccccc2)c(C2CCCC2)c2ccc(C(=O)O)cc21)c1ccccc1. The zero-order valence-corrected chi connectivity index (χ0v) is 21.3. The van der Waals surface area contributed by atoms with Crippen LogP contribution in [0, 0.1) is 0 Å². The zero-order valence-electron chi connectivity index (χ0n) is 20.5.